The number of aromatic nitrogens is 1. The van der Waals surface area contributed by atoms with Crippen LogP contribution < -0.4 is 16.2 Å². The molecule has 4 N–H and O–H groups in total. The van der Waals surface area contributed by atoms with Crippen LogP contribution in [-0.4, -0.2) is 29.3 Å². The van der Waals surface area contributed by atoms with Gasteiger partial charge in [0.2, 0.25) is 11.8 Å². The van der Waals surface area contributed by atoms with Crippen LogP contribution in [0.5, 0.6) is 0 Å². The van der Waals surface area contributed by atoms with E-state index in [0.29, 0.717) is 12.3 Å². The zero-order valence-corrected chi connectivity index (χ0v) is 15.3. The maximum atomic E-state index is 12.0. The highest BCUT2D eigenvalue weighted by Gasteiger charge is 2.17. The van der Waals surface area contributed by atoms with Crippen LogP contribution in [-0.2, 0) is 20.8 Å². The molecule has 0 aliphatic heterocycles. The number of hydrazine groups is 1. The van der Waals surface area contributed by atoms with Gasteiger partial charge in [0.25, 0.3) is 5.91 Å². The van der Waals surface area contributed by atoms with Crippen molar-refractivity contribution in [2.75, 3.05) is 6.54 Å². The smallest absolute Gasteiger partial charge is 0.257 e. The molecule has 0 saturated heterocycles. The molecule has 0 spiro atoms. The van der Waals surface area contributed by atoms with Gasteiger partial charge in [0.05, 0.1) is 13.0 Å². The molecule has 3 amide bonds. The summed E-state index contributed by atoms with van der Waals surface area (Å²) in [6.45, 7) is -0.140. The Hall–Kier alpha value is -2.83. The Morgan fingerprint density at radius 1 is 0.963 bits per heavy atom. The Morgan fingerprint density at radius 3 is 2.52 bits per heavy atom. The maximum absolute atomic E-state index is 12.0. The summed E-state index contributed by atoms with van der Waals surface area (Å²) in [4.78, 5) is 38.9. The van der Waals surface area contributed by atoms with Crippen molar-refractivity contribution in [1.29, 1.82) is 0 Å². The summed E-state index contributed by atoms with van der Waals surface area (Å²) >= 11 is 0. The molecule has 0 unspecified atom stereocenters. The standard InChI is InChI=1S/C20H26N4O3/c25-18(10-14-6-2-1-3-7-14)22-13-20(27)24-23-19(26)11-15-12-21-17-9-5-4-8-16(15)17/h4-5,8-9,12,14,21H,1-3,6-7,10-11,13H2,(H,22,25)(H,23,26)(H,24,27). The van der Waals surface area contributed by atoms with Crippen molar-refractivity contribution in [2.24, 2.45) is 5.92 Å². The molecule has 0 atom stereocenters. The summed E-state index contributed by atoms with van der Waals surface area (Å²) in [6, 6.07) is 7.71. The fraction of sp³-hybridized carbons (Fsp3) is 0.450. The lowest BCUT2D eigenvalue weighted by atomic mass is 9.87. The van der Waals surface area contributed by atoms with Crippen molar-refractivity contribution in [2.45, 2.75) is 44.9 Å². The molecule has 1 aliphatic carbocycles. The molecule has 1 heterocycles. The number of rotatable bonds is 6. The second-order valence-electron chi connectivity index (χ2n) is 7.12. The van der Waals surface area contributed by atoms with Gasteiger partial charge < -0.3 is 10.3 Å². The molecular weight excluding hydrogens is 344 g/mol. The van der Waals surface area contributed by atoms with E-state index < -0.39 is 5.91 Å². The van der Waals surface area contributed by atoms with E-state index in [-0.39, 0.29) is 24.8 Å². The highest BCUT2D eigenvalue weighted by atomic mass is 16.2. The molecule has 0 radical (unpaired) electrons. The highest BCUT2D eigenvalue weighted by molar-refractivity contribution is 5.90. The van der Waals surface area contributed by atoms with Crippen LogP contribution in [0.15, 0.2) is 30.5 Å². The van der Waals surface area contributed by atoms with Crippen molar-refractivity contribution in [3.63, 3.8) is 0 Å². The van der Waals surface area contributed by atoms with Crippen LogP contribution in [0.25, 0.3) is 10.9 Å². The molecule has 1 saturated carbocycles. The van der Waals surface area contributed by atoms with Crippen LogP contribution in [0.4, 0.5) is 0 Å². The molecule has 0 bridgehead atoms. The zero-order valence-electron chi connectivity index (χ0n) is 15.3. The fourth-order valence-electron chi connectivity index (χ4n) is 3.58. The van der Waals surface area contributed by atoms with Crippen LogP contribution in [0.3, 0.4) is 0 Å². The van der Waals surface area contributed by atoms with Crippen molar-refractivity contribution >= 4 is 28.6 Å². The van der Waals surface area contributed by atoms with Gasteiger partial charge in [-0.05, 0) is 30.4 Å². The van der Waals surface area contributed by atoms with Gasteiger partial charge in [-0.2, -0.15) is 0 Å². The quantitative estimate of drug-likeness (QED) is 0.584. The summed E-state index contributed by atoms with van der Waals surface area (Å²) in [5.41, 5.74) is 6.55. The van der Waals surface area contributed by atoms with Gasteiger partial charge in [0.1, 0.15) is 0 Å². The van der Waals surface area contributed by atoms with E-state index in [9.17, 15) is 14.4 Å². The molecule has 1 aromatic carbocycles. The topological polar surface area (TPSA) is 103 Å². The van der Waals surface area contributed by atoms with E-state index in [1.165, 1.54) is 19.3 Å². The van der Waals surface area contributed by atoms with Crippen molar-refractivity contribution < 1.29 is 14.4 Å². The number of nitrogens with one attached hydrogen (secondary N) is 4. The first-order valence-electron chi connectivity index (χ1n) is 9.51. The molecule has 1 aromatic heterocycles. The molecule has 144 valence electrons. The largest absolute Gasteiger partial charge is 0.361 e. The highest BCUT2D eigenvalue weighted by Crippen LogP contribution is 2.26. The lowest BCUT2D eigenvalue weighted by molar-refractivity contribution is -0.129. The van der Waals surface area contributed by atoms with E-state index >= 15 is 0 Å². The van der Waals surface area contributed by atoms with Crippen LogP contribution in [0, 0.1) is 5.92 Å². The zero-order chi connectivity index (χ0) is 19.1. The number of carbonyl (C=O) groups excluding carboxylic acids is 3. The lowest BCUT2D eigenvalue weighted by Crippen LogP contribution is -2.47. The van der Waals surface area contributed by atoms with Gasteiger partial charge in [-0.15, -0.1) is 0 Å². The van der Waals surface area contributed by atoms with Gasteiger partial charge >= 0.3 is 0 Å². The minimum atomic E-state index is -0.445. The second-order valence-corrected chi connectivity index (χ2v) is 7.12. The molecule has 2 aromatic rings. The monoisotopic (exact) mass is 370 g/mol. The summed E-state index contributed by atoms with van der Waals surface area (Å²) in [6.07, 6.45) is 8.20. The first-order chi connectivity index (χ1) is 13.1. The average Bonchev–Trinajstić information content (AvgIpc) is 3.08. The van der Waals surface area contributed by atoms with Crippen LogP contribution in [0.1, 0.15) is 44.1 Å². The Kier molecular flexibility index (Phi) is 6.46. The Balaban J connectivity index is 1.36. The van der Waals surface area contributed by atoms with Gasteiger partial charge in [0, 0.05) is 23.5 Å². The predicted octanol–water partition coefficient (Wildman–Crippen LogP) is 1.94. The normalized spacial score (nSPS) is 14.7. The number of aromatic amines is 1. The van der Waals surface area contributed by atoms with Crippen molar-refractivity contribution in [3.05, 3.63) is 36.0 Å². The minimum Gasteiger partial charge on any atom is -0.361 e. The first kappa shape index (κ1) is 18.9. The third kappa shape index (κ3) is 5.57. The number of hydrogen-bond donors (Lipinski definition) is 4. The van der Waals surface area contributed by atoms with Crippen molar-refractivity contribution in [1.82, 2.24) is 21.2 Å². The Morgan fingerprint density at radius 2 is 1.70 bits per heavy atom. The molecule has 3 rings (SSSR count). The Bertz CT molecular complexity index is 808. The minimum absolute atomic E-state index is 0.109. The van der Waals surface area contributed by atoms with Gasteiger partial charge in [-0.25, -0.2) is 0 Å². The molecule has 1 aliphatic rings. The van der Waals surface area contributed by atoms with E-state index in [1.807, 2.05) is 24.3 Å². The molecule has 1 fully saturated rings. The van der Waals surface area contributed by atoms with Crippen molar-refractivity contribution in [3.8, 4) is 0 Å². The number of fused-ring (bicyclic) bond motifs is 1. The molecule has 7 heteroatoms. The van der Waals surface area contributed by atoms with E-state index in [4.69, 9.17) is 0 Å². The Labute approximate surface area is 158 Å². The predicted molar refractivity (Wildman–Crippen MR) is 102 cm³/mol. The first-order valence-corrected chi connectivity index (χ1v) is 9.51. The van der Waals surface area contributed by atoms with E-state index in [2.05, 4.69) is 21.2 Å². The number of amides is 3. The second kappa shape index (κ2) is 9.21. The number of H-pyrrole nitrogens is 1. The molecular formula is C20H26N4O3. The number of benzene rings is 1. The summed E-state index contributed by atoms with van der Waals surface area (Å²) < 4.78 is 0. The molecule has 27 heavy (non-hydrogen) atoms. The third-order valence-electron chi connectivity index (χ3n) is 5.01. The summed E-state index contributed by atoms with van der Waals surface area (Å²) in [5.74, 6) is -0.444. The lowest BCUT2D eigenvalue weighted by Gasteiger charge is -2.20. The average molecular weight is 370 g/mol. The van der Waals surface area contributed by atoms with Gasteiger partial charge in [0.15, 0.2) is 0 Å². The summed E-state index contributed by atoms with van der Waals surface area (Å²) in [7, 11) is 0. The fourth-order valence-corrected chi connectivity index (χ4v) is 3.58. The molecule has 7 nitrogen and oxygen atoms in total. The van der Waals surface area contributed by atoms with E-state index in [1.54, 1.807) is 6.20 Å². The number of para-hydroxylation sites is 1. The number of hydrogen-bond acceptors (Lipinski definition) is 3. The number of carbonyl (C=O) groups is 3. The van der Waals surface area contributed by atoms with Crippen LogP contribution in [0.2, 0.25) is 0 Å². The van der Waals surface area contributed by atoms with Crippen LogP contribution >= 0.6 is 0 Å². The maximum Gasteiger partial charge on any atom is 0.257 e. The van der Waals surface area contributed by atoms with Gasteiger partial charge in [-0.1, -0.05) is 37.5 Å². The summed E-state index contributed by atoms with van der Waals surface area (Å²) in [5, 5.41) is 3.60. The van der Waals surface area contributed by atoms with Gasteiger partial charge in [-0.3, -0.25) is 25.2 Å². The van der Waals surface area contributed by atoms with E-state index in [0.717, 1.165) is 29.3 Å². The third-order valence-corrected chi connectivity index (χ3v) is 5.01. The SMILES string of the molecule is O=C(CC1CCCCC1)NCC(=O)NNC(=O)Cc1c[nH]c2ccccc12.